The van der Waals surface area contributed by atoms with Crippen molar-refractivity contribution in [2.24, 2.45) is 29.1 Å². The van der Waals surface area contributed by atoms with E-state index in [1.165, 1.54) is 0 Å². The van der Waals surface area contributed by atoms with Gasteiger partial charge in [0.25, 0.3) is 0 Å². The minimum atomic E-state index is -0.839. The van der Waals surface area contributed by atoms with Gasteiger partial charge in [0.1, 0.15) is 0 Å². The first-order chi connectivity index (χ1) is 10.9. The van der Waals surface area contributed by atoms with Crippen molar-refractivity contribution in [1.82, 2.24) is 0 Å². The Morgan fingerprint density at radius 1 is 1.13 bits per heavy atom. The topological polar surface area (TPSA) is 66.4 Å². The molecule has 4 rings (SSSR count). The van der Waals surface area contributed by atoms with Crippen LogP contribution in [-0.4, -0.2) is 17.0 Å². The molecule has 1 aromatic rings. The molecule has 2 saturated carbocycles. The number of allylic oxidation sites excluding steroid dienone is 2. The fourth-order valence-electron chi connectivity index (χ4n) is 4.78. The molecule has 2 fully saturated rings. The van der Waals surface area contributed by atoms with Crippen molar-refractivity contribution in [3.05, 3.63) is 41.5 Å². The Morgan fingerprint density at radius 3 is 2.39 bits per heavy atom. The van der Waals surface area contributed by atoms with Gasteiger partial charge in [-0.1, -0.05) is 24.3 Å². The van der Waals surface area contributed by atoms with Gasteiger partial charge in [-0.3, -0.25) is 9.59 Å². The van der Waals surface area contributed by atoms with E-state index in [0.717, 1.165) is 29.7 Å². The number of hydrogen-bond donors (Lipinski definition) is 2. The molecule has 0 unspecified atom stereocenters. The Morgan fingerprint density at radius 2 is 1.78 bits per heavy atom. The molecule has 1 aromatic carbocycles. The highest BCUT2D eigenvalue weighted by Gasteiger charge is 2.70. The zero-order valence-electron chi connectivity index (χ0n) is 13.4. The second-order valence-corrected chi connectivity index (χ2v) is 7.37. The Labute approximate surface area is 135 Å². The quantitative estimate of drug-likeness (QED) is 0.843. The number of hydrogen-bond acceptors (Lipinski definition) is 2. The van der Waals surface area contributed by atoms with Gasteiger partial charge in [-0.15, -0.1) is 0 Å². The number of anilines is 1. The van der Waals surface area contributed by atoms with Gasteiger partial charge in [0.15, 0.2) is 0 Å². The molecule has 3 aliphatic rings. The van der Waals surface area contributed by atoms with Crippen molar-refractivity contribution >= 4 is 17.6 Å². The molecule has 2 bridgehead atoms. The molecule has 0 aliphatic heterocycles. The number of aryl methyl sites for hydroxylation is 2. The molecular weight excluding hydrogens is 290 g/mol. The fraction of sp³-hybridized carbons (Fsp3) is 0.474. The summed E-state index contributed by atoms with van der Waals surface area (Å²) < 4.78 is 0. The molecule has 4 heteroatoms. The molecule has 1 amide bonds. The maximum Gasteiger partial charge on any atom is 0.307 e. The lowest BCUT2D eigenvalue weighted by molar-refractivity contribution is -0.146. The zero-order chi connectivity index (χ0) is 16.4. The van der Waals surface area contributed by atoms with Crippen molar-refractivity contribution < 1.29 is 14.7 Å². The van der Waals surface area contributed by atoms with E-state index in [1.807, 2.05) is 38.1 Å². The summed E-state index contributed by atoms with van der Waals surface area (Å²) >= 11 is 0. The highest BCUT2D eigenvalue weighted by atomic mass is 16.4. The lowest BCUT2D eigenvalue weighted by Crippen LogP contribution is -2.36. The van der Waals surface area contributed by atoms with E-state index in [4.69, 9.17) is 0 Å². The molecule has 3 aliphatic carbocycles. The lowest BCUT2D eigenvalue weighted by Gasteiger charge is -2.24. The van der Waals surface area contributed by atoms with Crippen LogP contribution in [0.4, 0.5) is 5.69 Å². The predicted molar refractivity (Wildman–Crippen MR) is 86.9 cm³/mol. The normalized spacial score (nSPS) is 32.3. The van der Waals surface area contributed by atoms with Crippen molar-refractivity contribution in [3.63, 3.8) is 0 Å². The fourth-order valence-corrected chi connectivity index (χ4v) is 4.78. The summed E-state index contributed by atoms with van der Waals surface area (Å²) in [5.74, 6) is -1.91. The van der Waals surface area contributed by atoms with E-state index in [2.05, 4.69) is 11.4 Å². The largest absolute Gasteiger partial charge is 0.481 e. The van der Waals surface area contributed by atoms with Crippen LogP contribution < -0.4 is 5.32 Å². The molecular formula is C19H21NO3. The van der Waals surface area contributed by atoms with Crippen LogP contribution in [0.15, 0.2) is 30.4 Å². The summed E-state index contributed by atoms with van der Waals surface area (Å²) in [4.78, 5) is 24.7. The zero-order valence-corrected chi connectivity index (χ0v) is 13.4. The van der Waals surface area contributed by atoms with Crippen molar-refractivity contribution in [2.45, 2.75) is 26.7 Å². The number of carboxylic acid groups (broad SMARTS) is 1. The van der Waals surface area contributed by atoms with Crippen LogP contribution in [0, 0.1) is 42.9 Å². The number of carbonyl (C=O) groups excluding carboxylic acids is 1. The van der Waals surface area contributed by atoms with Crippen LogP contribution >= 0.6 is 0 Å². The van der Waals surface area contributed by atoms with Crippen LogP contribution in [0.2, 0.25) is 0 Å². The summed E-state index contributed by atoms with van der Waals surface area (Å²) in [6, 6.07) is 5.92. The minimum Gasteiger partial charge on any atom is -0.481 e. The number of benzene rings is 1. The van der Waals surface area contributed by atoms with E-state index in [-0.39, 0.29) is 23.2 Å². The Bertz CT molecular complexity index is 732. The standard InChI is InChI=1S/C19H21NO3/c1-10-3-4-11(2)14(9-10)20-17(21)15-12-5-6-13(16(15)18(22)23)19(12)7-8-19/h3-6,9,12-13,15-16H,7-8H2,1-2H3,(H,20,21)(H,22,23)/t12-,13-,15-,16+/m1/s1. The predicted octanol–water partition coefficient (Wildman–Crippen LogP) is 3.15. The summed E-state index contributed by atoms with van der Waals surface area (Å²) in [5, 5.41) is 12.7. The van der Waals surface area contributed by atoms with Crippen molar-refractivity contribution in [2.75, 3.05) is 5.32 Å². The second kappa shape index (κ2) is 4.70. The molecule has 1 spiro atoms. The van der Waals surface area contributed by atoms with Crippen LogP contribution in [0.25, 0.3) is 0 Å². The average Bonchev–Trinajstić information content (AvgIpc) is 3.16. The van der Waals surface area contributed by atoms with E-state index < -0.39 is 17.8 Å². The number of carboxylic acids is 1. The number of carbonyl (C=O) groups is 2. The van der Waals surface area contributed by atoms with Crippen molar-refractivity contribution in [1.29, 1.82) is 0 Å². The lowest BCUT2D eigenvalue weighted by atomic mass is 9.82. The highest BCUT2D eigenvalue weighted by Crippen LogP contribution is 2.72. The molecule has 23 heavy (non-hydrogen) atoms. The van der Waals surface area contributed by atoms with Gasteiger partial charge in [0.2, 0.25) is 5.91 Å². The van der Waals surface area contributed by atoms with Crippen molar-refractivity contribution in [3.8, 4) is 0 Å². The van der Waals surface area contributed by atoms with Gasteiger partial charge in [-0.2, -0.15) is 0 Å². The highest BCUT2D eigenvalue weighted by molar-refractivity contribution is 5.97. The molecule has 0 heterocycles. The Hall–Kier alpha value is -2.10. The second-order valence-electron chi connectivity index (χ2n) is 7.37. The monoisotopic (exact) mass is 311 g/mol. The van der Waals surface area contributed by atoms with Crippen LogP contribution in [0.5, 0.6) is 0 Å². The minimum absolute atomic E-state index is 0.0272. The Balaban J connectivity index is 1.64. The summed E-state index contributed by atoms with van der Waals surface area (Å²) in [6.07, 6.45) is 6.22. The molecule has 2 N–H and O–H groups in total. The van der Waals surface area contributed by atoms with E-state index in [0.29, 0.717) is 0 Å². The third-order valence-electron chi connectivity index (χ3n) is 6.08. The molecule has 120 valence electrons. The molecule has 0 radical (unpaired) electrons. The SMILES string of the molecule is Cc1ccc(C)c(NC(=O)[C@H]2[C@@H](C(=O)O)[C@H]3C=C[C@H]2C32CC2)c1. The van der Waals surface area contributed by atoms with E-state index >= 15 is 0 Å². The number of nitrogens with one attached hydrogen (secondary N) is 1. The first-order valence-corrected chi connectivity index (χ1v) is 8.23. The number of rotatable bonds is 3. The van der Waals surface area contributed by atoms with Gasteiger partial charge in [0.05, 0.1) is 11.8 Å². The summed E-state index contributed by atoms with van der Waals surface area (Å²) in [7, 11) is 0. The number of amides is 1. The third kappa shape index (κ3) is 1.97. The summed E-state index contributed by atoms with van der Waals surface area (Å²) in [5.41, 5.74) is 2.92. The van der Waals surface area contributed by atoms with Gasteiger partial charge >= 0.3 is 5.97 Å². The van der Waals surface area contributed by atoms with Gasteiger partial charge in [-0.25, -0.2) is 0 Å². The maximum atomic E-state index is 12.9. The van der Waals surface area contributed by atoms with Gasteiger partial charge in [0, 0.05) is 5.69 Å². The Kier molecular flexibility index (Phi) is 2.96. The van der Waals surface area contributed by atoms with E-state index in [9.17, 15) is 14.7 Å². The van der Waals surface area contributed by atoms with Crippen LogP contribution in [0.1, 0.15) is 24.0 Å². The first kappa shape index (κ1) is 14.5. The van der Waals surface area contributed by atoms with E-state index in [1.54, 1.807) is 0 Å². The molecule has 4 nitrogen and oxygen atoms in total. The van der Waals surface area contributed by atoms with Crippen LogP contribution in [0.3, 0.4) is 0 Å². The molecule has 4 atom stereocenters. The first-order valence-electron chi connectivity index (χ1n) is 8.23. The molecule has 0 aromatic heterocycles. The van der Waals surface area contributed by atoms with Gasteiger partial charge < -0.3 is 10.4 Å². The van der Waals surface area contributed by atoms with Crippen LogP contribution in [-0.2, 0) is 9.59 Å². The third-order valence-corrected chi connectivity index (χ3v) is 6.08. The van der Waals surface area contributed by atoms with Gasteiger partial charge in [-0.05, 0) is 61.1 Å². The average molecular weight is 311 g/mol. The smallest absolute Gasteiger partial charge is 0.307 e. The molecule has 0 saturated heterocycles. The maximum absolute atomic E-state index is 12.9. The number of aliphatic carboxylic acids is 1. The summed E-state index contributed by atoms with van der Waals surface area (Å²) in [6.45, 7) is 3.93.